The van der Waals surface area contributed by atoms with Gasteiger partial charge in [0.1, 0.15) is 5.75 Å². The molecule has 6 nitrogen and oxygen atoms in total. The van der Waals surface area contributed by atoms with Crippen molar-refractivity contribution in [2.45, 2.75) is 20.4 Å². The van der Waals surface area contributed by atoms with E-state index in [4.69, 9.17) is 4.74 Å². The zero-order valence-electron chi connectivity index (χ0n) is 12.2. The average Bonchev–Trinajstić information content (AvgIpc) is 2.43. The quantitative estimate of drug-likeness (QED) is 0.675. The van der Waals surface area contributed by atoms with Gasteiger partial charge >= 0.3 is 0 Å². The Labute approximate surface area is 122 Å². The maximum absolute atomic E-state index is 10.7. The number of nitro groups is 1. The van der Waals surface area contributed by atoms with E-state index in [0.29, 0.717) is 17.2 Å². The molecule has 0 fully saturated rings. The molecule has 2 rings (SSSR count). The Balaban J connectivity index is 2.24. The van der Waals surface area contributed by atoms with Gasteiger partial charge in [0.25, 0.3) is 5.69 Å². The first kappa shape index (κ1) is 14.9. The van der Waals surface area contributed by atoms with Crippen LogP contribution in [0.5, 0.6) is 11.6 Å². The number of aryl methyl sites for hydroxylation is 2. The van der Waals surface area contributed by atoms with Gasteiger partial charge in [-0.2, -0.15) is 0 Å². The number of aromatic nitrogens is 1. The maximum Gasteiger partial charge on any atom is 0.269 e. The van der Waals surface area contributed by atoms with Crippen LogP contribution in [0.3, 0.4) is 0 Å². The van der Waals surface area contributed by atoms with Gasteiger partial charge < -0.3 is 10.1 Å². The zero-order valence-corrected chi connectivity index (χ0v) is 12.2. The summed E-state index contributed by atoms with van der Waals surface area (Å²) in [7, 11) is 1.87. The number of ether oxygens (including phenoxy) is 1. The second-order valence-electron chi connectivity index (χ2n) is 4.80. The number of hydrogen-bond acceptors (Lipinski definition) is 5. The van der Waals surface area contributed by atoms with E-state index in [1.807, 2.05) is 20.0 Å². The molecule has 0 saturated carbocycles. The van der Waals surface area contributed by atoms with Crippen LogP contribution < -0.4 is 10.1 Å². The molecule has 110 valence electrons. The predicted molar refractivity (Wildman–Crippen MR) is 79.6 cm³/mol. The van der Waals surface area contributed by atoms with Gasteiger partial charge in [-0.05, 0) is 44.2 Å². The number of hydrogen-bond donors (Lipinski definition) is 1. The van der Waals surface area contributed by atoms with Crippen molar-refractivity contribution < 1.29 is 9.66 Å². The van der Waals surface area contributed by atoms with Gasteiger partial charge in [-0.15, -0.1) is 0 Å². The number of nitrogens with zero attached hydrogens (tertiary/aromatic N) is 2. The summed E-state index contributed by atoms with van der Waals surface area (Å²) in [5.74, 6) is 1.07. The lowest BCUT2D eigenvalue weighted by Gasteiger charge is -2.11. The fourth-order valence-electron chi connectivity index (χ4n) is 1.99. The molecule has 1 aromatic carbocycles. The normalized spacial score (nSPS) is 10.4. The summed E-state index contributed by atoms with van der Waals surface area (Å²) in [6, 6.07) is 6.50. The van der Waals surface area contributed by atoms with Crippen LogP contribution >= 0.6 is 0 Å². The molecule has 0 atom stereocenters. The summed E-state index contributed by atoms with van der Waals surface area (Å²) in [6.07, 6.45) is 1.75. The molecular weight excluding hydrogens is 270 g/mol. The van der Waals surface area contributed by atoms with Crippen LogP contribution in [0.2, 0.25) is 0 Å². The monoisotopic (exact) mass is 287 g/mol. The van der Waals surface area contributed by atoms with Crippen molar-refractivity contribution in [3.63, 3.8) is 0 Å². The molecule has 1 aromatic heterocycles. The number of pyridine rings is 1. The molecule has 0 saturated heterocycles. The van der Waals surface area contributed by atoms with E-state index in [1.54, 1.807) is 19.2 Å². The minimum absolute atomic E-state index is 0.0499. The molecule has 0 bridgehead atoms. The molecule has 1 heterocycles. The lowest BCUT2D eigenvalue weighted by Crippen LogP contribution is -2.06. The Morgan fingerprint density at radius 3 is 2.62 bits per heavy atom. The summed E-state index contributed by atoms with van der Waals surface area (Å²) in [5, 5.41) is 13.8. The molecule has 21 heavy (non-hydrogen) atoms. The second kappa shape index (κ2) is 6.32. The molecule has 6 heteroatoms. The second-order valence-corrected chi connectivity index (χ2v) is 4.80. The molecule has 0 aliphatic carbocycles. The minimum Gasteiger partial charge on any atom is -0.438 e. The van der Waals surface area contributed by atoms with Crippen molar-refractivity contribution >= 4 is 5.69 Å². The number of nitrogens with one attached hydrogen (secondary N) is 1. The van der Waals surface area contributed by atoms with Crippen LogP contribution in [0.25, 0.3) is 0 Å². The van der Waals surface area contributed by atoms with Gasteiger partial charge in [0.15, 0.2) is 0 Å². The van der Waals surface area contributed by atoms with E-state index in [1.165, 1.54) is 12.1 Å². The summed E-state index contributed by atoms with van der Waals surface area (Å²) in [5.41, 5.74) is 2.74. The van der Waals surface area contributed by atoms with Gasteiger partial charge in [-0.25, -0.2) is 4.98 Å². The molecule has 0 radical (unpaired) electrons. The first-order valence-corrected chi connectivity index (χ1v) is 6.54. The zero-order chi connectivity index (χ0) is 15.4. The highest BCUT2D eigenvalue weighted by Crippen LogP contribution is 2.28. The highest BCUT2D eigenvalue weighted by atomic mass is 16.6. The van der Waals surface area contributed by atoms with Crippen LogP contribution in [-0.4, -0.2) is 17.0 Å². The Hall–Kier alpha value is -2.47. The molecule has 1 N–H and O–H groups in total. The van der Waals surface area contributed by atoms with E-state index in [9.17, 15) is 10.1 Å². The number of nitro benzene ring substituents is 1. The topological polar surface area (TPSA) is 77.3 Å². The van der Waals surface area contributed by atoms with Crippen LogP contribution in [-0.2, 0) is 6.54 Å². The lowest BCUT2D eigenvalue weighted by molar-refractivity contribution is -0.384. The van der Waals surface area contributed by atoms with Gasteiger partial charge in [-0.3, -0.25) is 10.1 Å². The highest BCUT2D eigenvalue weighted by molar-refractivity contribution is 5.45. The Morgan fingerprint density at radius 1 is 1.29 bits per heavy atom. The third kappa shape index (κ3) is 3.55. The molecular formula is C15H17N3O3. The number of rotatable bonds is 5. The first-order valence-electron chi connectivity index (χ1n) is 6.54. The van der Waals surface area contributed by atoms with Crippen LogP contribution in [0, 0.1) is 24.0 Å². The van der Waals surface area contributed by atoms with Crippen LogP contribution in [0.15, 0.2) is 30.5 Å². The highest BCUT2D eigenvalue weighted by Gasteiger charge is 2.11. The summed E-state index contributed by atoms with van der Waals surface area (Å²) >= 11 is 0. The van der Waals surface area contributed by atoms with E-state index >= 15 is 0 Å². The van der Waals surface area contributed by atoms with E-state index in [-0.39, 0.29) is 5.69 Å². The van der Waals surface area contributed by atoms with Crippen molar-refractivity contribution in [3.8, 4) is 11.6 Å². The first-order chi connectivity index (χ1) is 10.0. The summed E-state index contributed by atoms with van der Waals surface area (Å²) in [4.78, 5) is 14.6. The van der Waals surface area contributed by atoms with Gasteiger partial charge in [0.05, 0.1) is 4.92 Å². The largest absolute Gasteiger partial charge is 0.438 e. The van der Waals surface area contributed by atoms with Gasteiger partial charge in [0, 0.05) is 30.4 Å². The Kier molecular flexibility index (Phi) is 4.49. The Bertz CT molecular complexity index is 671. The van der Waals surface area contributed by atoms with E-state index in [2.05, 4.69) is 10.3 Å². The molecule has 0 amide bonds. The van der Waals surface area contributed by atoms with Crippen molar-refractivity contribution in [2.75, 3.05) is 7.05 Å². The molecule has 0 unspecified atom stereocenters. The predicted octanol–water partition coefficient (Wildman–Crippen LogP) is 3.12. The minimum atomic E-state index is -0.424. The van der Waals surface area contributed by atoms with Crippen molar-refractivity contribution in [1.82, 2.24) is 10.3 Å². The fraction of sp³-hybridized carbons (Fsp3) is 0.267. The van der Waals surface area contributed by atoms with Crippen molar-refractivity contribution in [2.24, 2.45) is 0 Å². The number of non-ortho nitro benzene ring substituents is 1. The fourth-order valence-corrected chi connectivity index (χ4v) is 1.99. The molecule has 0 spiro atoms. The summed E-state index contributed by atoms with van der Waals surface area (Å²) < 4.78 is 5.75. The van der Waals surface area contributed by atoms with Crippen molar-refractivity contribution in [3.05, 3.63) is 57.3 Å². The van der Waals surface area contributed by atoms with Crippen LogP contribution in [0.1, 0.15) is 16.7 Å². The van der Waals surface area contributed by atoms with Crippen LogP contribution in [0.4, 0.5) is 5.69 Å². The van der Waals surface area contributed by atoms with E-state index < -0.39 is 4.92 Å². The third-order valence-corrected chi connectivity index (χ3v) is 3.04. The number of benzene rings is 1. The van der Waals surface area contributed by atoms with Gasteiger partial charge in [-0.1, -0.05) is 0 Å². The molecule has 0 aliphatic heterocycles. The molecule has 2 aromatic rings. The summed E-state index contributed by atoms with van der Waals surface area (Å²) in [6.45, 7) is 4.43. The van der Waals surface area contributed by atoms with Crippen molar-refractivity contribution in [1.29, 1.82) is 0 Å². The maximum atomic E-state index is 10.7. The standard InChI is InChI=1S/C15H17N3O3/c1-10-7-13(18(19)20)4-5-14(10)21-15-11(2)6-12(8-16-3)9-17-15/h4-7,9,16H,8H2,1-3H3. The van der Waals surface area contributed by atoms with Gasteiger partial charge in [0.2, 0.25) is 5.88 Å². The SMILES string of the molecule is CNCc1cnc(Oc2ccc([N+](=O)[O-])cc2C)c(C)c1. The van der Waals surface area contributed by atoms with E-state index in [0.717, 1.165) is 17.7 Å². The Morgan fingerprint density at radius 2 is 2.05 bits per heavy atom. The lowest BCUT2D eigenvalue weighted by atomic mass is 10.2. The smallest absolute Gasteiger partial charge is 0.269 e. The third-order valence-electron chi connectivity index (χ3n) is 3.04. The average molecular weight is 287 g/mol. The molecule has 0 aliphatic rings.